The van der Waals surface area contributed by atoms with Crippen molar-refractivity contribution in [3.8, 4) is 5.75 Å². The molecular weight excluding hydrogens is 513 g/mol. The zero-order chi connectivity index (χ0) is 28.7. The van der Waals surface area contributed by atoms with Gasteiger partial charge in [0.25, 0.3) is 0 Å². The Morgan fingerprint density at radius 1 is 1.00 bits per heavy atom. The standard InChI is InChI=1S/C34H34BNO5/c1-20(2)25-18-26-32(34(39)24-11-5-4-10-23(24)33(26)38)27-19-35(40)41-30(31(25)27)15-14-21(28-12-7-8-16-36-28)17-22-9-3-6-13-29(22)37/h3-13,16-17,20,26-27,30,32,37,40H,14-15,18-19H2,1-2H3/b21-17-/t26-,27+,30-,32-/m1/s1. The first-order valence-corrected chi connectivity index (χ1v) is 14.5. The van der Waals surface area contributed by atoms with Crippen molar-refractivity contribution in [3.05, 3.63) is 106 Å². The molecule has 0 radical (unpaired) electrons. The van der Waals surface area contributed by atoms with Crippen LogP contribution in [0.4, 0.5) is 0 Å². The van der Waals surface area contributed by atoms with E-state index in [2.05, 4.69) is 18.8 Å². The zero-order valence-corrected chi connectivity index (χ0v) is 23.4. The molecule has 1 aliphatic heterocycles. The minimum absolute atomic E-state index is 0.00280. The van der Waals surface area contributed by atoms with Crippen molar-refractivity contribution >= 4 is 30.3 Å². The molecule has 208 valence electrons. The van der Waals surface area contributed by atoms with Gasteiger partial charge in [-0.15, -0.1) is 0 Å². The maximum absolute atomic E-state index is 13.9. The number of benzene rings is 2. The molecule has 1 saturated heterocycles. The van der Waals surface area contributed by atoms with Crippen molar-refractivity contribution in [2.75, 3.05) is 0 Å². The van der Waals surface area contributed by atoms with E-state index in [-0.39, 0.29) is 29.2 Å². The molecule has 2 N–H and O–H groups in total. The number of allylic oxidation sites excluding steroid dienone is 2. The molecule has 6 nitrogen and oxygen atoms in total. The van der Waals surface area contributed by atoms with Crippen LogP contribution in [0.25, 0.3) is 11.6 Å². The number of nitrogens with zero attached hydrogens (tertiary/aromatic N) is 1. The van der Waals surface area contributed by atoms with E-state index in [0.717, 1.165) is 22.4 Å². The highest BCUT2D eigenvalue weighted by atomic mass is 16.5. The first-order valence-electron chi connectivity index (χ1n) is 14.5. The van der Waals surface area contributed by atoms with Gasteiger partial charge >= 0.3 is 7.12 Å². The van der Waals surface area contributed by atoms with Crippen LogP contribution >= 0.6 is 0 Å². The van der Waals surface area contributed by atoms with Crippen molar-refractivity contribution in [3.63, 3.8) is 0 Å². The summed E-state index contributed by atoms with van der Waals surface area (Å²) in [5.74, 6) is -0.788. The lowest BCUT2D eigenvalue weighted by atomic mass is 9.53. The molecular formula is C34H34BNO5. The SMILES string of the molecule is CC(C)C1=C2[C@@H](CC/C(=C/c3ccccc3O)c3ccccn3)OB(O)C[C@@H]2[C@@H]2C(=O)c3ccccc3C(=O)[C@@H]2C1. The summed E-state index contributed by atoms with van der Waals surface area (Å²) in [6.07, 6.45) is 5.26. The minimum Gasteiger partial charge on any atom is -0.507 e. The van der Waals surface area contributed by atoms with Crippen LogP contribution in [0.1, 0.15) is 65.1 Å². The molecule has 2 aliphatic carbocycles. The normalized spacial score (nSPS) is 24.3. The number of ketones is 2. The second-order valence-electron chi connectivity index (χ2n) is 11.6. The summed E-state index contributed by atoms with van der Waals surface area (Å²) >= 11 is 0. The number of hydrogen-bond donors (Lipinski definition) is 2. The van der Waals surface area contributed by atoms with Crippen molar-refractivity contribution in [2.24, 2.45) is 23.7 Å². The average Bonchev–Trinajstić information content (AvgIpc) is 2.98. The molecule has 7 heteroatoms. The Balaban J connectivity index is 1.37. The number of carbonyl (C=O) groups is 2. The van der Waals surface area contributed by atoms with Crippen LogP contribution in [0, 0.1) is 23.7 Å². The summed E-state index contributed by atoms with van der Waals surface area (Å²) in [7, 11) is -1.03. The van der Waals surface area contributed by atoms with Crippen LogP contribution < -0.4 is 0 Å². The summed E-state index contributed by atoms with van der Waals surface area (Å²) in [5, 5.41) is 21.4. The number of aromatic nitrogens is 1. The number of rotatable bonds is 6. The lowest BCUT2D eigenvalue weighted by molar-refractivity contribution is 0.0594. The Labute approximate surface area is 240 Å². The minimum atomic E-state index is -1.03. The van der Waals surface area contributed by atoms with E-state index in [0.29, 0.717) is 42.3 Å². The van der Waals surface area contributed by atoms with Gasteiger partial charge in [-0.2, -0.15) is 0 Å². The van der Waals surface area contributed by atoms with Gasteiger partial charge in [-0.25, -0.2) is 0 Å². The van der Waals surface area contributed by atoms with Crippen LogP contribution in [-0.2, 0) is 4.65 Å². The fourth-order valence-electron chi connectivity index (χ4n) is 7.07. The molecule has 6 rings (SSSR count). The van der Waals surface area contributed by atoms with Crippen LogP contribution in [0.15, 0.2) is 84.1 Å². The molecule has 3 aliphatic rings. The number of para-hydroxylation sites is 1. The number of Topliss-reactive ketones (excluding diaryl/α,β-unsaturated/α-hetero) is 2. The predicted octanol–water partition coefficient (Wildman–Crippen LogP) is 6.27. The van der Waals surface area contributed by atoms with Gasteiger partial charge in [0.1, 0.15) is 5.75 Å². The van der Waals surface area contributed by atoms with Crippen LogP contribution in [0.5, 0.6) is 5.75 Å². The third-order valence-electron chi connectivity index (χ3n) is 8.93. The number of pyridine rings is 1. The highest BCUT2D eigenvalue weighted by Gasteiger charge is 2.53. The van der Waals surface area contributed by atoms with Gasteiger partial charge in [0.05, 0.1) is 11.8 Å². The first kappa shape index (κ1) is 27.4. The maximum Gasteiger partial charge on any atom is 0.455 e. The topological polar surface area (TPSA) is 96.7 Å². The van der Waals surface area contributed by atoms with E-state index in [1.807, 2.05) is 42.5 Å². The Hall–Kier alpha value is -3.81. The number of fused-ring (bicyclic) bond motifs is 4. The van der Waals surface area contributed by atoms with Gasteiger partial charge in [-0.05, 0) is 72.8 Å². The molecule has 2 aromatic carbocycles. The molecule has 1 aromatic heterocycles. The molecule has 0 bridgehead atoms. The quantitative estimate of drug-likeness (QED) is 0.279. The zero-order valence-electron chi connectivity index (χ0n) is 23.4. The summed E-state index contributed by atoms with van der Waals surface area (Å²) in [6.45, 7) is 4.25. The number of aromatic hydroxyl groups is 1. The van der Waals surface area contributed by atoms with Crippen molar-refractivity contribution < 1.29 is 24.4 Å². The largest absolute Gasteiger partial charge is 0.507 e. The monoisotopic (exact) mass is 547 g/mol. The third kappa shape index (κ3) is 5.09. The van der Waals surface area contributed by atoms with E-state index in [9.17, 15) is 19.7 Å². The molecule has 3 aromatic rings. The predicted molar refractivity (Wildman–Crippen MR) is 159 cm³/mol. The highest BCUT2D eigenvalue weighted by Crippen LogP contribution is 2.52. The van der Waals surface area contributed by atoms with E-state index >= 15 is 0 Å². The number of phenols is 1. The van der Waals surface area contributed by atoms with Gasteiger partial charge in [0.15, 0.2) is 11.6 Å². The van der Waals surface area contributed by atoms with Gasteiger partial charge in [0.2, 0.25) is 0 Å². The van der Waals surface area contributed by atoms with Crippen molar-refractivity contribution in [1.29, 1.82) is 0 Å². The molecule has 0 unspecified atom stereocenters. The lowest BCUT2D eigenvalue weighted by Gasteiger charge is -2.48. The fourth-order valence-corrected chi connectivity index (χ4v) is 7.07. The fraction of sp³-hybridized carbons (Fsp3) is 0.324. The second-order valence-corrected chi connectivity index (χ2v) is 11.6. The second kappa shape index (κ2) is 11.2. The van der Waals surface area contributed by atoms with E-state index in [4.69, 9.17) is 4.65 Å². The molecule has 2 heterocycles. The Bertz CT molecular complexity index is 1550. The van der Waals surface area contributed by atoms with Gasteiger partial charge in [-0.1, -0.05) is 68.0 Å². The summed E-state index contributed by atoms with van der Waals surface area (Å²) < 4.78 is 6.21. The van der Waals surface area contributed by atoms with Crippen LogP contribution in [0.3, 0.4) is 0 Å². The Kier molecular flexibility index (Phi) is 7.49. The van der Waals surface area contributed by atoms with Crippen LogP contribution in [0.2, 0.25) is 6.32 Å². The summed E-state index contributed by atoms with van der Waals surface area (Å²) in [4.78, 5) is 32.1. The molecule has 0 saturated carbocycles. The number of phenolic OH excluding ortho intramolecular Hbond substituents is 1. The lowest BCUT2D eigenvalue weighted by Crippen LogP contribution is -2.51. The third-order valence-corrected chi connectivity index (χ3v) is 8.93. The molecule has 41 heavy (non-hydrogen) atoms. The van der Waals surface area contributed by atoms with Crippen molar-refractivity contribution in [2.45, 2.75) is 45.5 Å². The van der Waals surface area contributed by atoms with Crippen LogP contribution in [-0.4, -0.2) is 39.9 Å². The first-order chi connectivity index (χ1) is 19.8. The molecule has 1 fully saturated rings. The Morgan fingerprint density at radius 2 is 1.71 bits per heavy atom. The molecule has 4 atom stereocenters. The maximum atomic E-state index is 13.9. The molecule has 0 spiro atoms. The highest BCUT2D eigenvalue weighted by molar-refractivity contribution is 6.43. The number of carbonyl (C=O) groups excluding carboxylic acids is 2. The average molecular weight is 547 g/mol. The van der Waals surface area contributed by atoms with Gasteiger partial charge in [-0.3, -0.25) is 14.6 Å². The van der Waals surface area contributed by atoms with E-state index in [1.54, 1.807) is 36.5 Å². The van der Waals surface area contributed by atoms with Gasteiger partial charge in [0, 0.05) is 34.7 Å². The molecule has 0 amide bonds. The smallest absolute Gasteiger partial charge is 0.455 e. The summed E-state index contributed by atoms with van der Waals surface area (Å²) in [6, 6.07) is 20.1. The van der Waals surface area contributed by atoms with Gasteiger partial charge < -0.3 is 14.8 Å². The van der Waals surface area contributed by atoms with E-state index < -0.39 is 25.1 Å². The number of hydrogen-bond acceptors (Lipinski definition) is 6. The van der Waals surface area contributed by atoms with Crippen molar-refractivity contribution in [1.82, 2.24) is 4.98 Å². The Morgan fingerprint density at radius 3 is 2.41 bits per heavy atom. The summed E-state index contributed by atoms with van der Waals surface area (Å²) in [5.41, 5.74) is 5.69. The van der Waals surface area contributed by atoms with E-state index in [1.165, 1.54) is 0 Å².